The average Bonchev–Trinajstić information content (AvgIpc) is 3.14. The van der Waals surface area contributed by atoms with Crippen LogP contribution in [-0.2, 0) is 19.1 Å². The van der Waals surface area contributed by atoms with E-state index < -0.39 is 24.6 Å². The molecule has 2 aromatic rings. The number of imide groups is 1. The quantitative estimate of drug-likeness (QED) is 0.432. The summed E-state index contributed by atoms with van der Waals surface area (Å²) in [6, 6.07) is 0. The first-order valence-corrected chi connectivity index (χ1v) is 9.67. The van der Waals surface area contributed by atoms with Gasteiger partial charge in [0, 0.05) is 10.3 Å². The van der Waals surface area contributed by atoms with Crippen LogP contribution >= 0.6 is 23.1 Å². The lowest BCUT2D eigenvalue weighted by atomic mass is 10.2. The van der Waals surface area contributed by atoms with E-state index >= 15 is 0 Å². The van der Waals surface area contributed by atoms with Crippen LogP contribution in [0.5, 0.6) is 0 Å². The van der Waals surface area contributed by atoms with Crippen LogP contribution in [0, 0.1) is 20.8 Å². The van der Waals surface area contributed by atoms with Gasteiger partial charge in [-0.05, 0) is 26.3 Å². The average molecular weight is 395 g/mol. The molecule has 2 aromatic heterocycles. The molecule has 0 aliphatic carbocycles. The fraction of sp³-hybridized carbons (Fsp3) is 0.438. The highest BCUT2D eigenvalue weighted by Crippen LogP contribution is 2.35. The van der Waals surface area contributed by atoms with Gasteiger partial charge in [-0.25, -0.2) is 19.7 Å². The summed E-state index contributed by atoms with van der Waals surface area (Å²) in [7, 11) is 0. The van der Waals surface area contributed by atoms with Crippen molar-refractivity contribution in [2.24, 2.45) is 0 Å². The predicted molar refractivity (Wildman–Crippen MR) is 96.4 cm³/mol. The second kappa shape index (κ2) is 7.58. The molecule has 1 aliphatic heterocycles. The second-order valence-electron chi connectivity index (χ2n) is 5.65. The summed E-state index contributed by atoms with van der Waals surface area (Å²) in [5.41, 5.74) is 1.10. The number of esters is 1. The van der Waals surface area contributed by atoms with Gasteiger partial charge in [0.15, 0.2) is 6.61 Å². The molecule has 0 bridgehead atoms. The van der Waals surface area contributed by atoms with E-state index in [1.807, 2.05) is 13.8 Å². The van der Waals surface area contributed by atoms with E-state index in [-0.39, 0.29) is 18.9 Å². The van der Waals surface area contributed by atoms with E-state index in [1.165, 1.54) is 11.8 Å². The lowest BCUT2D eigenvalue weighted by Crippen LogP contribution is -2.35. The topological polar surface area (TPSA) is 98.7 Å². The van der Waals surface area contributed by atoms with Gasteiger partial charge in [-0.2, -0.15) is 0 Å². The summed E-state index contributed by atoms with van der Waals surface area (Å²) in [5.74, 6) is -0.491. The molecule has 2 amide bonds. The molecule has 10 heteroatoms. The summed E-state index contributed by atoms with van der Waals surface area (Å²) in [6.07, 6.45) is -0.706. The molecular weight excluding hydrogens is 378 g/mol. The summed E-state index contributed by atoms with van der Waals surface area (Å²) in [4.78, 5) is 46.9. The molecule has 1 aliphatic rings. The monoisotopic (exact) mass is 395 g/mol. The number of ether oxygens (including phenoxy) is 2. The Morgan fingerprint density at radius 2 is 2.08 bits per heavy atom. The lowest BCUT2D eigenvalue weighted by molar-refractivity contribution is -0.148. The zero-order valence-corrected chi connectivity index (χ0v) is 16.2. The van der Waals surface area contributed by atoms with Crippen molar-refractivity contribution in [1.29, 1.82) is 0 Å². The third-order valence-electron chi connectivity index (χ3n) is 3.85. The molecule has 138 valence electrons. The van der Waals surface area contributed by atoms with Crippen molar-refractivity contribution in [2.45, 2.75) is 25.8 Å². The summed E-state index contributed by atoms with van der Waals surface area (Å²) < 4.78 is 9.64. The van der Waals surface area contributed by atoms with Crippen molar-refractivity contribution in [3.63, 3.8) is 0 Å². The smallest absolute Gasteiger partial charge is 0.416 e. The number of carbonyl (C=O) groups excluding carboxylic acids is 3. The van der Waals surface area contributed by atoms with Crippen LogP contribution in [0.4, 0.5) is 4.79 Å². The second-order valence-corrected chi connectivity index (χ2v) is 7.82. The molecule has 0 unspecified atom stereocenters. The van der Waals surface area contributed by atoms with Gasteiger partial charge >= 0.3 is 12.1 Å². The maximum atomic E-state index is 12.0. The van der Waals surface area contributed by atoms with E-state index in [2.05, 4.69) is 14.7 Å². The number of hydrogen-bond donors (Lipinski definition) is 0. The largest absolute Gasteiger partial charge is 0.455 e. The van der Waals surface area contributed by atoms with Crippen molar-refractivity contribution in [3.05, 3.63) is 16.3 Å². The van der Waals surface area contributed by atoms with Crippen LogP contribution in [-0.4, -0.2) is 58.3 Å². The van der Waals surface area contributed by atoms with Crippen LogP contribution < -0.4 is 0 Å². The highest BCUT2D eigenvalue weighted by Gasteiger charge is 2.29. The lowest BCUT2D eigenvalue weighted by Gasteiger charge is -2.10. The maximum absolute atomic E-state index is 12.0. The molecule has 0 N–H and O–H groups in total. The molecular formula is C16H17N3O5S2. The fourth-order valence-electron chi connectivity index (χ4n) is 2.43. The van der Waals surface area contributed by atoms with Gasteiger partial charge in [-0.15, -0.1) is 11.3 Å². The Balaban J connectivity index is 1.60. The number of amides is 2. The Kier molecular flexibility index (Phi) is 5.42. The number of carbonyl (C=O) groups is 3. The van der Waals surface area contributed by atoms with Gasteiger partial charge in [-0.1, -0.05) is 11.8 Å². The Labute approximate surface area is 157 Å². The molecule has 0 radical (unpaired) electrons. The first-order chi connectivity index (χ1) is 12.4. The molecule has 0 atom stereocenters. The maximum Gasteiger partial charge on any atom is 0.416 e. The number of aromatic nitrogens is 2. The minimum Gasteiger partial charge on any atom is -0.455 e. The van der Waals surface area contributed by atoms with Crippen LogP contribution in [0.15, 0.2) is 5.03 Å². The van der Waals surface area contributed by atoms with Crippen molar-refractivity contribution in [3.8, 4) is 0 Å². The van der Waals surface area contributed by atoms with E-state index in [1.54, 1.807) is 18.3 Å². The number of fused-ring (bicyclic) bond motifs is 1. The molecule has 1 saturated heterocycles. The van der Waals surface area contributed by atoms with Crippen LogP contribution in [0.2, 0.25) is 0 Å². The zero-order chi connectivity index (χ0) is 18.8. The SMILES string of the molecule is Cc1nc(SCC(=O)OCC(=O)N2CCOC2=O)c2c(C)c(C)sc2n1. The number of nitrogens with zero attached hydrogens (tertiary/aromatic N) is 3. The molecule has 3 rings (SSSR count). The molecule has 8 nitrogen and oxygen atoms in total. The summed E-state index contributed by atoms with van der Waals surface area (Å²) in [6.45, 7) is 5.69. The Hall–Kier alpha value is -2.20. The van der Waals surface area contributed by atoms with Crippen molar-refractivity contribution >= 4 is 51.3 Å². The number of thiophene rings is 1. The summed E-state index contributed by atoms with van der Waals surface area (Å²) in [5, 5.41) is 1.67. The van der Waals surface area contributed by atoms with Gasteiger partial charge in [0.05, 0.1) is 12.3 Å². The number of thioether (sulfide) groups is 1. The third kappa shape index (κ3) is 3.80. The normalized spacial score (nSPS) is 14.0. The van der Waals surface area contributed by atoms with Gasteiger partial charge < -0.3 is 9.47 Å². The van der Waals surface area contributed by atoms with Crippen molar-refractivity contribution in [2.75, 3.05) is 25.5 Å². The van der Waals surface area contributed by atoms with Gasteiger partial charge in [0.1, 0.15) is 22.3 Å². The molecule has 0 aromatic carbocycles. The Morgan fingerprint density at radius 1 is 1.31 bits per heavy atom. The summed E-state index contributed by atoms with van der Waals surface area (Å²) >= 11 is 2.84. The first kappa shape index (κ1) is 18.6. The number of cyclic esters (lactones) is 1. The molecule has 26 heavy (non-hydrogen) atoms. The number of hydrogen-bond acceptors (Lipinski definition) is 9. The minimum atomic E-state index is -0.706. The minimum absolute atomic E-state index is 0.0115. The molecule has 3 heterocycles. The zero-order valence-electron chi connectivity index (χ0n) is 14.5. The van der Waals surface area contributed by atoms with Crippen LogP contribution in [0.25, 0.3) is 10.2 Å². The van der Waals surface area contributed by atoms with E-state index in [9.17, 15) is 14.4 Å². The fourth-order valence-corrected chi connectivity index (χ4v) is 4.50. The number of rotatable bonds is 5. The van der Waals surface area contributed by atoms with Gasteiger partial charge in [0.2, 0.25) is 0 Å². The van der Waals surface area contributed by atoms with Crippen LogP contribution in [0.1, 0.15) is 16.3 Å². The first-order valence-electron chi connectivity index (χ1n) is 7.86. The van der Waals surface area contributed by atoms with E-state index in [4.69, 9.17) is 4.74 Å². The molecule has 0 saturated carbocycles. The molecule has 1 fully saturated rings. The Morgan fingerprint density at radius 3 is 2.77 bits per heavy atom. The van der Waals surface area contributed by atoms with Gasteiger partial charge in [0.25, 0.3) is 5.91 Å². The van der Waals surface area contributed by atoms with E-state index in [0.29, 0.717) is 5.82 Å². The third-order valence-corrected chi connectivity index (χ3v) is 5.90. The van der Waals surface area contributed by atoms with E-state index in [0.717, 1.165) is 30.6 Å². The standard InChI is InChI=1S/C16H17N3O5S2/c1-8-9(2)26-15-13(8)14(17-10(3)18-15)25-7-12(21)24-6-11(20)19-4-5-23-16(19)22/h4-7H2,1-3H3. The van der Waals surface area contributed by atoms with Crippen molar-refractivity contribution < 1.29 is 23.9 Å². The van der Waals surface area contributed by atoms with Gasteiger partial charge in [-0.3, -0.25) is 9.59 Å². The number of aryl methyl sites for hydroxylation is 3. The van der Waals surface area contributed by atoms with Crippen molar-refractivity contribution in [1.82, 2.24) is 14.9 Å². The predicted octanol–water partition coefficient (Wildman–Crippen LogP) is 2.23. The molecule has 0 spiro atoms. The highest BCUT2D eigenvalue weighted by atomic mass is 32.2. The van der Waals surface area contributed by atoms with Crippen LogP contribution in [0.3, 0.4) is 0 Å². The highest BCUT2D eigenvalue weighted by molar-refractivity contribution is 8.00. The Bertz CT molecular complexity index is 896.